The van der Waals surface area contributed by atoms with Gasteiger partial charge in [-0.05, 0) is 43.4 Å². The maximum atomic E-state index is 13.2. The summed E-state index contributed by atoms with van der Waals surface area (Å²) in [6.45, 7) is 0.134. The summed E-state index contributed by atoms with van der Waals surface area (Å²) in [5.74, 6) is -0.481. The van der Waals surface area contributed by atoms with Gasteiger partial charge >= 0.3 is 0 Å². The topological polar surface area (TPSA) is 76.0 Å². The molecule has 0 spiro atoms. The van der Waals surface area contributed by atoms with Gasteiger partial charge in [-0.1, -0.05) is 31.4 Å². The molecule has 2 aliphatic rings. The minimum atomic E-state index is -0.615. The Hall–Kier alpha value is -2.70. The van der Waals surface area contributed by atoms with E-state index in [1.165, 1.54) is 29.7 Å². The second-order valence-electron chi connectivity index (χ2n) is 7.87. The lowest BCUT2D eigenvalue weighted by Crippen LogP contribution is -2.45. The maximum absolute atomic E-state index is 13.2. The van der Waals surface area contributed by atoms with Gasteiger partial charge in [0.1, 0.15) is 12.4 Å². The minimum absolute atomic E-state index is 0.0605. The van der Waals surface area contributed by atoms with Crippen LogP contribution in [-0.4, -0.2) is 27.6 Å². The van der Waals surface area contributed by atoms with Crippen LogP contribution in [0.25, 0.3) is 0 Å². The van der Waals surface area contributed by atoms with Crippen molar-refractivity contribution in [2.75, 3.05) is 5.32 Å². The summed E-state index contributed by atoms with van der Waals surface area (Å²) in [7, 11) is 0. The molecular weight excluding hydrogens is 359 g/mol. The molecule has 2 aliphatic carbocycles. The standard InChI is InChI=1S/C21H25FN4O2/c22-16-8-6-15(7-9-16)21(10-3-11-21)20(28)25-18-12-23-26(13-18)14-19(27)24-17-4-1-2-5-17/h6-9,12-13,17H,1-5,10-11,14H2,(H,24,27)(H,25,28). The van der Waals surface area contributed by atoms with E-state index in [4.69, 9.17) is 0 Å². The fraction of sp³-hybridized carbons (Fsp3) is 0.476. The Bertz CT molecular complexity index is 852. The number of nitrogens with zero attached hydrogens (tertiary/aromatic N) is 2. The van der Waals surface area contributed by atoms with Crippen molar-refractivity contribution < 1.29 is 14.0 Å². The van der Waals surface area contributed by atoms with Crippen LogP contribution in [0.2, 0.25) is 0 Å². The van der Waals surface area contributed by atoms with Gasteiger partial charge in [0.15, 0.2) is 0 Å². The van der Waals surface area contributed by atoms with E-state index in [-0.39, 0.29) is 30.2 Å². The molecule has 0 saturated heterocycles. The van der Waals surface area contributed by atoms with Gasteiger partial charge < -0.3 is 10.6 Å². The van der Waals surface area contributed by atoms with Crippen LogP contribution in [0, 0.1) is 5.82 Å². The van der Waals surface area contributed by atoms with Gasteiger partial charge in [0.05, 0.1) is 17.3 Å². The first kappa shape index (κ1) is 18.7. The second-order valence-corrected chi connectivity index (χ2v) is 7.87. The zero-order valence-electron chi connectivity index (χ0n) is 15.8. The molecule has 28 heavy (non-hydrogen) atoms. The average molecular weight is 384 g/mol. The molecule has 0 bridgehead atoms. The van der Waals surface area contributed by atoms with Gasteiger partial charge in [0.2, 0.25) is 11.8 Å². The summed E-state index contributed by atoms with van der Waals surface area (Å²) in [6, 6.07) is 6.43. The summed E-state index contributed by atoms with van der Waals surface area (Å²) >= 11 is 0. The molecule has 2 amide bonds. The smallest absolute Gasteiger partial charge is 0.241 e. The maximum Gasteiger partial charge on any atom is 0.241 e. The van der Waals surface area contributed by atoms with Crippen LogP contribution in [0.3, 0.4) is 0 Å². The van der Waals surface area contributed by atoms with E-state index < -0.39 is 5.41 Å². The van der Waals surface area contributed by atoms with Crippen molar-refractivity contribution in [2.24, 2.45) is 0 Å². The predicted octanol–water partition coefficient (Wildman–Crippen LogP) is 3.14. The zero-order chi connectivity index (χ0) is 19.6. The van der Waals surface area contributed by atoms with E-state index in [0.717, 1.165) is 37.7 Å². The molecule has 1 heterocycles. The molecule has 2 aromatic rings. The molecule has 1 aromatic carbocycles. The van der Waals surface area contributed by atoms with Gasteiger partial charge in [-0.15, -0.1) is 0 Å². The largest absolute Gasteiger partial charge is 0.352 e. The monoisotopic (exact) mass is 384 g/mol. The molecular formula is C21H25FN4O2. The van der Waals surface area contributed by atoms with Gasteiger partial charge in [-0.2, -0.15) is 5.10 Å². The first-order chi connectivity index (χ1) is 13.5. The molecule has 6 nitrogen and oxygen atoms in total. The van der Waals surface area contributed by atoms with Crippen molar-refractivity contribution in [1.29, 1.82) is 0 Å². The Kier molecular flexibility index (Phi) is 5.15. The van der Waals surface area contributed by atoms with Crippen LogP contribution in [0.1, 0.15) is 50.5 Å². The zero-order valence-corrected chi connectivity index (χ0v) is 15.8. The Morgan fingerprint density at radius 3 is 2.50 bits per heavy atom. The Balaban J connectivity index is 1.38. The van der Waals surface area contributed by atoms with Crippen LogP contribution < -0.4 is 10.6 Å². The van der Waals surface area contributed by atoms with Crippen LogP contribution in [0.4, 0.5) is 10.1 Å². The highest BCUT2D eigenvalue weighted by molar-refractivity contribution is 5.99. The molecule has 0 unspecified atom stereocenters. The number of rotatable bonds is 6. The first-order valence-electron chi connectivity index (χ1n) is 9.94. The molecule has 2 saturated carbocycles. The Morgan fingerprint density at radius 1 is 1.14 bits per heavy atom. The molecule has 2 N–H and O–H groups in total. The van der Waals surface area contributed by atoms with Crippen molar-refractivity contribution in [3.8, 4) is 0 Å². The quantitative estimate of drug-likeness (QED) is 0.803. The van der Waals surface area contributed by atoms with E-state index in [1.807, 2.05) is 0 Å². The van der Waals surface area contributed by atoms with Gasteiger partial charge in [0, 0.05) is 12.2 Å². The summed E-state index contributed by atoms with van der Waals surface area (Å²) < 4.78 is 14.8. The number of benzene rings is 1. The number of aromatic nitrogens is 2. The minimum Gasteiger partial charge on any atom is -0.352 e. The highest BCUT2D eigenvalue weighted by Crippen LogP contribution is 2.44. The molecule has 1 aromatic heterocycles. The highest BCUT2D eigenvalue weighted by Gasteiger charge is 2.45. The van der Waals surface area contributed by atoms with E-state index in [1.54, 1.807) is 24.5 Å². The number of anilines is 1. The van der Waals surface area contributed by atoms with Crippen LogP contribution in [0.5, 0.6) is 0 Å². The van der Waals surface area contributed by atoms with Gasteiger partial charge in [-0.25, -0.2) is 4.39 Å². The summed E-state index contributed by atoms with van der Waals surface area (Å²) in [5, 5.41) is 10.1. The number of hydrogen-bond donors (Lipinski definition) is 2. The average Bonchev–Trinajstić information content (AvgIpc) is 3.28. The number of amides is 2. The lowest BCUT2D eigenvalue weighted by Gasteiger charge is -2.40. The van der Waals surface area contributed by atoms with Crippen molar-refractivity contribution in [3.05, 3.63) is 48.0 Å². The van der Waals surface area contributed by atoms with Gasteiger partial charge in [-0.3, -0.25) is 14.3 Å². The molecule has 2 fully saturated rings. The Labute approximate surface area is 163 Å². The lowest BCUT2D eigenvalue weighted by molar-refractivity contribution is -0.124. The third-order valence-electron chi connectivity index (χ3n) is 5.96. The number of nitrogens with one attached hydrogen (secondary N) is 2. The van der Waals surface area contributed by atoms with Crippen LogP contribution >= 0.6 is 0 Å². The van der Waals surface area contributed by atoms with E-state index in [2.05, 4.69) is 15.7 Å². The number of hydrogen-bond acceptors (Lipinski definition) is 3. The summed E-state index contributed by atoms with van der Waals surface area (Å²) in [6.07, 6.45) is 10.1. The van der Waals surface area contributed by atoms with Crippen molar-refractivity contribution in [3.63, 3.8) is 0 Å². The molecule has 0 radical (unpaired) electrons. The number of carbonyl (C=O) groups is 2. The molecule has 0 atom stereocenters. The molecule has 148 valence electrons. The van der Waals surface area contributed by atoms with Crippen LogP contribution in [-0.2, 0) is 21.5 Å². The first-order valence-corrected chi connectivity index (χ1v) is 9.94. The lowest BCUT2D eigenvalue weighted by atomic mass is 9.64. The van der Waals surface area contributed by atoms with Crippen LogP contribution in [0.15, 0.2) is 36.7 Å². The van der Waals surface area contributed by atoms with Gasteiger partial charge in [0.25, 0.3) is 0 Å². The van der Waals surface area contributed by atoms with Crippen molar-refractivity contribution in [1.82, 2.24) is 15.1 Å². The number of carbonyl (C=O) groups excluding carboxylic acids is 2. The van der Waals surface area contributed by atoms with Crippen molar-refractivity contribution in [2.45, 2.75) is 62.9 Å². The van der Waals surface area contributed by atoms with Crippen molar-refractivity contribution >= 4 is 17.5 Å². The summed E-state index contributed by atoms with van der Waals surface area (Å²) in [4.78, 5) is 25.1. The SMILES string of the molecule is O=C(Cn1cc(NC(=O)C2(c3ccc(F)cc3)CCC2)cn1)NC1CCCC1. The Morgan fingerprint density at radius 2 is 1.86 bits per heavy atom. The van der Waals surface area contributed by atoms with E-state index in [9.17, 15) is 14.0 Å². The highest BCUT2D eigenvalue weighted by atomic mass is 19.1. The fourth-order valence-electron chi connectivity index (χ4n) is 4.20. The van der Waals surface area contributed by atoms with E-state index in [0.29, 0.717) is 5.69 Å². The number of halogens is 1. The molecule has 4 rings (SSSR count). The third kappa shape index (κ3) is 3.79. The second kappa shape index (κ2) is 7.73. The summed E-state index contributed by atoms with van der Waals surface area (Å²) in [5.41, 5.74) is 0.781. The van der Waals surface area contributed by atoms with E-state index >= 15 is 0 Å². The normalized spacial score (nSPS) is 18.5. The fourth-order valence-corrected chi connectivity index (χ4v) is 4.20. The predicted molar refractivity (Wildman–Crippen MR) is 103 cm³/mol. The molecule has 7 heteroatoms. The molecule has 0 aliphatic heterocycles. The third-order valence-corrected chi connectivity index (χ3v) is 5.96.